The second kappa shape index (κ2) is 8.29. The number of rotatable bonds is 5. The van der Waals surface area contributed by atoms with Gasteiger partial charge >= 0.3 is 0 Å². The van der Waals surface area contributed by atoms with Crippen LogP contribution in [-0.2, 0) is 6.61 Å². The smallest absolute Gasteiger partial charge is 0.261 e. The van der Waals surface area contributed by atoms with Crippen LogP contribution in [0.15, 0.2) is 35.7 Å². The minimum absolute atomic E-state index is 0.00362. The number of nitrogens with one attached hydrogen (secondary N) is 1. The molecule has 0 spiro atoms. The number of halogens is 1. The zero-order valence-electron chi connectivity index (χ0n) is 13.6. The number of hydrogen-bond acceptors (Lipinski definition) is 3. The van der Waals surface area contributed by atoms with Gasteiger partial charge in [0.25, 0.3) is 5.91 Å². The normalized spacial score (nSPS) is 15.7. The zero-order chi connectivity index (χ0) is 16.8. The first-order valence-corrected chi connectivity index (χ1v) is 9.35. The van der Waals surface area contributed by atoms with Crippen molar-refractivity contribution in [1.29, 1.82) is 0 Å². The molecule has 0 unspecified atom stereocenters. The van der Waals surface area contributed by atoms with Crippen molar-refractivity contribution in [2.45, 2.75) is 51.2 Å². The van der Waals surface area contributed by atoms with Crippen molar-refractivity contribution in [1.82, 2.24) is 5.32 Å². The monoisotopic (exact) mass is 347 g/mol. The Morgan fingerprint density at radius 2 is 2.00 bits per heavy atom. The fourth-order valence-corrected chi connectivity index (χ4v) is 3.77. The first-order valence-electron chi connectivity index (χ1n) is 8.47. The third kappa shape index (κ3) is 4.81. The molecule has 2 aromatic rings. The van der Waals surface area contributed by atoms with Crippen LogP contribution in [0.3, 0.4) is 0 Å². The molecule has 1 aromatic carbocycles. The van der Waals surface area contributed by atoms with Gasteiger partial charge in [-0.25, -0.2) is 4.39 Å². The molecule has 1 heterocycles. The highest BCUT2D eigenvalue weighted by Crippen LogP contribution is 2.21. The van der Waals surface area contributed by atoms with Crippen molar-refractivity contribution in [3.63, 3.8) is 0 Å². The van der Waals surface area contributed by atoms with E-state index < -0.39 is 0 Å². The molecule has 1 amide bonds. The van der Waals surface area contributed by atoms with Gasteiger partial charge in [0, 0.05) is 17.7 Å². The molecule has 1 aliphatic rings. The number of thiophene rings is 1. The Bertz CT molecular complexity index is 678. The minimum atomic E-state index is -0.318. The topological polar surface area (TPSA) is 38.3 Å². The lowest BCUT2D eigenvalue weighted by Crippen LogP contribution is -2.33. The molecular formula is C19H22FNO2S. The molecule has 128 valence electrons. The van der Waals surface area contributed by atoms with Gasteiger partial charge in [0.15, 0.2) is 0 Å². The van der Waals surface area contributed by atoms with Gasteiger partial charge in [0.2, 0.25) is 0 Å². The number of carbonyl (C=O) groups excluding carboxylic acids is 1. The average molecular weight is 347 g/mol. The molecule has 1 N–H and O–H groups in total. The number of carbonyl (C=O) groups is 1. The predicted octanol–water partition coefficient (Wildman–Crippen LogP) is 4.92. The summed E-state index contributed by atoms with van der Waals surface area (Å²) in [7, 11) is 0. The Hall–Kier alpha value is -1.88. The Labute approximate surface area is 145 Å². The van der Waals surface area contributed by atoms with Crippen molar-refractivity contribution in [3.8, 4) is 5.75 Å². The molecule has 0 aliphatic heterocycles. The van der Waals surface area contributed by atoms with Crippen molar-refractivity contribution in [2.24, 2.45) is 0 Å². The van der Waals surface area contributed by atoms with E-state index in [0.717, 1.165) is 18.4 Å². The number of hydrogen-bond donors (Lipinski definition) is 1. The van der Waals surface area contributed by atoms with Crippen LogP contribution in [0.4, 0.5) is 4.39 Å². The summed E-state index contributed by atoms with van der Waals surface area (Å²) in [6.07, 6.45) is 7.09. The highest BCUT2D eigenvalue weighted by Gasteiger charge is 2.17. The summed E-state index contributed by atoms with van der Waals surface area (Å²) < 4.78 is 18.7. The first-order chi connectivity index (χ1) is 11.7. The van der Waals surface area contributed by atoms with Crippen LogP contribution in [0, 0.1) is 5.82 Å². The second-order valence-corrected chi connectivity index (χ2v) is 7.14. The molecule has 3 rings (SSSR count). The van der Waals surface area contributed by atoms with Crippen LogP contribution in [0.25, 0.3) is 0 Å². The average Bonchev–Trinajstić information content (AvgIpc) is 2.91. The number of amides is 1. The van der Waals surface area contributed by atoms with E-state index in [1.54, 1.807) is 12.1 Å². The summed E-state index contributed by atoms with van der Waals surface area (Å²) in [6, 6.07) is 8.23. The Morgan fingerprint density at radius 1 is 1.21 bits per heavy atom. The van der Waals surface area contributed by atoms with E-state index in [-0.39, 0.29) is 11.7 Å². The maximum Gasteiger partial charge on any atom is 0.261 e. The van der Waals surface area contributed by atoms with Crippen LogP contribution in [0.1, 0.15) is 53.8 Å². The van der Waals surface area contributed by atoms with Crippen molar-refractivity contribution in [3.05, 3.63) is 52.0 Å². The molecule has 0 radical (unpaired) electrons. The van der Waals surface area contributed by atoms with Crippen LogP contribution in [0.2, 0.25) is 0 Å². The van der Waals surface area contributed by atoms with E-state index in [9.17, 15) is 9.18 Å². The van der Waals surface area contributed by atoms with Gasteiger partial charge in [0.05, 0.1) is 4.88 Å². The fraction of sp³-hybridized carbons (Fsp3) is 0.421. The lowest BCUT2D eigenvalue weighted by atomic mass is 10.1. The van der Waals surface area contributed by atoms with E-state index in [1.807, 2.05) is 11.4 Å². The fourth-order valence-electron chi connectivity index (χ4n) is 2.97. The number of benzene rings is 1. The van der Waals surface area contributed by atoms with Crippen molar-refractivity contribution >= 4 is 17.2 Å². The Balaban J connectivity index is 1.53. The predicted molar refractivity (Wildman–Crippen MR) is 94.0 cm³/mol. The van der Waals surface area contributed by atoms with Gasteiger partial charge in [-0.05, 0) is 36.4 Å². The largest absolute Gasteiger partial charge is 0.489 e. The molecule has 0 bridgehead atoms. The molecule has 3 nitrogen and oxygen atoms in total. The zero-order valence-corrected chi connectivity index (χ0v) is 14.4. The molecule has 1 aromatic heterocycles. The van der Waals surface area contributed by atoms with Gasteiger partial charge < -0.3 is 10.1 Å². The summed E-state index contributed by atoms with van der Waals surface area (Å²) in [6.45, 7) is 0.330. The van der Waals surface area contributed by atoms with E-state index in [4.69, 9.17) is 4.74 Å². The van der Waals surface area contributed by atoms with Crippen LogP contribution >= 0.6 is 11.3 Å². The lowest BCUT2D eigenvalue weighted by Gasteiger charge is -2.15. The summed E-state index contributed by atoms with van der Waals surface area (Å²) in [5, 5.41) is 5.07. The van der Waals surface area contributed by atoms with Gasteiger partial charge in [0.1, 0.15) is 18.2 Å². The maximum absolute atomic E-state index is 13.1. The molecule has 1 saturated carbocycles. The SMILES string of the molecule is O=C(NC1CCCCCC1)c1cc(COc2cccc(F)c2)cs1. The third-order valence-electron chi connectivity index (χ3n) is 4.27. The third-order valence-corrected chi connectivity index (χ3v) is 5.25. The van der Waals surface area contributed by atoms with Crippen LogP contribution < -0.4 is 10.1 Å². The van der Waals surface area contributed by atoms with Crippen molar-refractivity contribution < 1.29 is 13.9 Å². The van der Waals surface area contributed by atoms with E-state index in [1.165, 1.54) is 49.2 Å². The highest BCUT2D eigenvalue weighted by atomic mass is 32.1. The van der Waals surface area contributed by atoms with Gasteiger partial charge in [-0.2, -0.15) is 0 Å². The highest BCUT2D eigenvalue weighted by molar-refractivity contribution is 7.12. The summed E-state index contributed by atoms with van der Waals surface area (Å²) >= 11 is 1.42. The molecule has 0 atom stereocenters. The lowest BCUT2D eigenvalue weighted by molar-refractivity contribution is 0.0937. The summed E-state index contributed by atoms with van der Waals surface area (Å²) in [5.74, 6) is 0.177. The van der Waals surface area contributed by atoms with E-state index in [0.29, 0.717) is 23.3 Å². The molecular weight excluding hydrogens is 325 g/mol. The Morgan fingerprint density at radius 3 is 2.75 bits per heavy atom. The van der Waals surface area contributed by atoms with E-state index >= 15 is 0 Å². The first kappa shape index (κ1) is 17.0. The van der Waals surface area contributed by atoms with E-state index in [2.05, 4.69) is 5.32 Å². The quantitative estimate of drug-likeness (QED) is 0.780. The minimum Gasteiger partial charge on any atom is -0.489 e. The molecule has 1 aliphatic carbocycles. The molecule has 24 heavy (non-hydrogen) atoms. The maximum atomic E-state index is 13.1. The van der Waals surface area contributed by atoms with Crippen LogP contribution in [0.5, 0.6) is 5.75 Å². The molecule has 0 saturated heterocycles. The number of ether oxygens (including phenoxy) is 1. The standard InChI is InChI=1S/C19H22FNO2S/c20-15-6-5-9-17(11-15)23-12-14-10-18(24-13-14)19(22)21-16-7-3-1-2-4-8-16/h5-6,9-11,13,16H,1-4,7-8,12H2,(H,21,22). The van der Waals surface area contributed by atoms with Gasteiger partial charge in [-0.1, -0.05) is 31.7 Å². The Kier molecular flexibility index (Phi) is 5.86. The second-order valence-electron chi connectivity index (χ2n) is 6.23. The van der Waals surface area contributed by atoms with Gasteiger partial charge in [-0.15, -0.1) is 11.3 Å². The summed E-state index contributed by atoms with van der Waals surface area (Å²) in [5.41, 5.74) is 0.926. The summed E-state index contributed by atoms with van der Waals surface area (Å²) in [4.78, 5) is 13.1. The molecule has 5 heteroatoms. The van der Waals surface area contributed by atoms with Crippen LogP contribution in [-0.4, -0.2) is 11.9 Å². The molecule has 1 fully saturated rings. The van der Waals surface area contributed by atoms with Gasteiger partial charge in [-0.3, -0.25) is 4.79 Å². The van der Waals surface area contributed by atoms with Crippen molar-refractivity contribution in [2.75, 3.05) is 0 Å².